The van der Waals surface area contributed by atoms with Crippen molar-refractivity contribution in [2.45, 2.75) is 31.7 Å². The summed E-state index contributed by atoms with van der Waals surface area (Å²) in [4.78, 5) is 25.4. The molecule has 5 nitrogen and oxygen atoms in total. The van der Waals surface area contributed by atoms with Crippen molar-refractivity contribution in [3.05, 3.63) is 28.2 Å². The van der Waals surface area contributed by atoms with Gasteiger partial charge in [-0.15, -0.1) is 0 Å². The minimum Gasteiger partial charge on any atom is -0.478 e. The van der Waals surface area contributed by atoms with Crippen LogP contribution < -0.4 is 5.32 Å². The number of hydrogen-bond acceptors (Lipinski definition) is 2. The zero-order chi connectivity index (χ0) is 15.0. The van der Waals surface area contributed by atoms with Gasteiger partial charge in [0, 0.05) is 22.7 Å². The number of carboxylic acids is 1. The second kappa shape index (κ2) is 5.67. The molecule has 0 bridgehead atoms. The molecule has 0 heterocycles. The first-order chi connectivity index (χ1) is 10.0. The molecule has 0 spiro atoms. The molecule has 1 aromatic carbocycles. The zero-order valence-electron chi connectivity index (χ0n) is 11.5. The van der Waals surface area contributed by atoms with Crippen LogP contribution in [0.5, 0.6) is 0 Å². The topological polar surface area (TPSA) is 69.6 Å². The molecule has 0 atom stereocenters. The van der Waals surface area contributed by atoms with Gasteiger partial charge in [-0.05, 0) is 49.8 Å². The number of amides is 2. The zero-order valence-corrected chi connectivity index (χ0v) is 13.1. The SMILES string of the molecule is O=C(O)c1cc(Br)cc(NC(=O)N(CC2CC2)C2CC2)c1. The fourth-order valence-corrected chi connectivity index (χ4v) is 2.84. The molecule has 2 aliphatic carbocycles. The van der Waals surface area contributed by atoms with Crippen LogP contribution in [0.2, 0.25) is 0 Å². The summed E-state index contributed by atoms with van der Waals surface area (Å²) < 4.78 is 0.637. The predicted molar refractivity (Wildman–Crippen MR) is 82.6 cm³/mol. The fraction of sp³-hybridized carbons (Fsp3) is 0.467. The molecular weight excluding hydrogens is 336 g/mol. The lowest BCUT2D eigenvalue weighted by Gasteiger charge is -2.23. The molecule has 6 heteroatoms. The molecule has 2 amide bonds. The van der Waals surface area contributed by atoms with E-state index in [9.17, 15) is 9.59 Å². The van der Waals surface area contributed by atoms with Crippen molar-refractivity contribution in [3.8, 4) is 0 Å². The molecule has 0 aromatic heterocycles. The van der Waals surface area contributed by atoms with Crippen LogP contribution in [-0.4, -0.2) is 34.6 Å². The van der Waals surface area contributed by atoms with Gasteiger partial charge in [0.25, 0.3) is 0 Å². The van der Waals surface area contributed by atoms with E-state index in [-0.39, 0.29) is 11.6 Å². The molecule has 2 fully saturated rings. The lowest BCUT2D eigenvalue weighted by molar-refractivity contribution is 0.0696. The molecule has 0 aliphatic heterocycles. The van der Waals surface area contributed by atoms with E-state index < -0.39 is 5.97 Å². The Morgan fingerprint density at radius 1 is 1.24 bits per heavy atom. The Hall–Kier alpha value is -1.56. The third-order valence-corrected chi connectivity index (χ3v) is 4.25. The summed E-state index contributed by atoms with van der Waals surface area (Å²) in [5, 5.41) is 11.9. The minimum absolute atomic E-state index is 0.126. The maximum absolute atomic E-state index is 12.4. The molecule has 112 valence electrons. The largest absolute Gasteiger partial charge is 0.478 e. The van der Waals surface area contributed by atoms with Crippen LogP contribution in [0.4, 0.5) is 10.5 Å². The number of anilines is 1. The standard InChI is InChI=1S/C15H17BrN2O3/c16-11-5-10(14(19)20)6-12(7-11)17-15(21)18(13-3-4-13)8-9-1-2-9/h5-7,9,13H,1-4,8H2,(H,17,21)(H,19,20). The highest BCUT2D eigenvalue weighted by Crippen LogP contribution is 2.35. The van der Waals surface area contributed by atoms with E-state index >= 15 is 0 Å². The smallest absolute Gasteiger partial charge is 0.335 e. The summed E-state index contributed by atoms with van der Waals surface area (Å²) in [5.74, 6) is -0.364. The predicted octanol–water partition coefficient (Wildman–Crippen LogP) is 3.55. The number of carboxylic acid groups (broad SMARTS) is 1. The van der Waals surface area contributed by atoms with Crippen LogP contribution in [0.15, 0.2) is 22.7 Å². The number of carbonyl (C=O) groups is 2. The van der Waals surface area contributed by atoms with Gasteiger partial charge in [0.15, 0.2) is 0 Å². The Labute approximate surface area is 131 Å². The summed E-state index contributed by atoms with van der Waals surface area (Å²) in [6, 6.07) is 4.94. The second-order valence-corrected chi connectivity index (χ2v) is 6.71. The van der Waals surface area contributed by atoms with E-state index in [0.717, 1.165) is 19.4 Å². The number of rotatable bonds is 5. The molecule has 0 unspecified atom stereocenters. The Morgan fingerprint density at radius 3 is 2.52 bits per heavy atom. The molecule has 2 saturated carbocycles. The molecule has 0 radical (unpaired) electrons. The maximum atomic E-state index is 12.4. The number of hydrogen-bond donors (Lipinski definition) is 2. The summed E-state index contributed by atoms with van der Waals surface area (Å²) >= 11 is 3.27. The molecule has 21 heavy (non-hydrogen) atoms. The van der Waals surface area contributed by atoms with Crippen molar-refractivity contribution in [3.63, 3.8) is 0 Å². The van der Waals surface area contributed by atoms with Crippen LogP contribution in [0.1, 0.15) is 36.0 Å². The Balaban J connectivity index is 1.71. The highest BCUT2D eigenvalue weighted by Gasteiger charge is 2.36. The monoisotopic (exact) mass is 352 g/mol. The Morgan fingerprint density at radius 2 is 1.95 bits per heavy atom. The van der Waals surface area contributed by atoms with Crippen molar-refractivity contribution in [2.24, 2.45) is 5.92 Å². The average Bonchev–Trinajstić information content (AvgIpc) is 3.27. The fourth-order valence-electron chi connectivity index (χ4n) is 2.34. The van der Waals surface area contributed by atoms with E-state index in [1.165, 1.54) is 25.0 Å². The van der Waals surface area contributed by atoms with Crippen molar-refractivity contribution < 1.29 is 14.7 Å². The molecule has 2 N–H and O–H groups in total. The van der Waals surface area contributed by atoms with Crippen molar-refractivity contribution in [1.82, 2.24) is 4.90 Å². The van der Waals surface area contributed by atoms with E-state index in [0.29, 0.717) is 22.1 Å². The van der Waals surface area contributed by atoms with Gasteiger partial charge in [-0.25, -0.2) is 9.59 Å². The molecular formula is C15H17BrN2O3. The number of aromatic carboxylic acids is 1. The van der Waals surface area contributed by atoms with Gasteiger partial charge in [0.2, 0.25) is 0 Å². The van der Waals surface area contributed by atoms with Gasteiger partial charge in [-0.2, -0.15) is 0 Å². The number of benzene rings is 1. The highest BCUT2D eigenvalue weighted by atomic mass is 79.9. The normalized spacial score (nSPS) is 17.4. The van der Waals surface area contributed by atoms with E-state index in [1.807, 2.05) is 4.90 Å². The summed E-state index contributed by atoms with van der Waals surface area (Å²) in [5.41, 5.74) is 0.660. The molecule has 3 rings (SSSR count). The van der Waals surface area contributed by atoms with Gasteiger partial charge in [0.05, 0.1) is 5.56 Å². The van der Waals surface area contributed by atoms with E-state index in [1.54, 1.807) is 6.07 Å². The second-order valence-electron chi connectivity index (χ2n) is 5.79. The van der Waals surface area contributed by atoms with Crippen LogP contribution in [0.25, 0.3) is 0 Å². The summed E-state index contributed by atoms with van der Waals surface area (Å²) in [7, 11) is 0. The third kappa shape index (κ3) is 3.75. The molecule has 2 aliphatic rings. The number of nitrogens with zero attached hydrogens (tertiary/aromatic N) is 1. The van der Waals surface area contributed by atoms with Crippen molar-refractivity contribution in [2.75, 3.05) is 11.9 Å². The minimum atomic E-state index is -1.01. The number of carbonyl (C=O) groups excluding carboxylic acids is 1. The Kier molecular flexibility index (Phi) is 3.89. The Bertz CT molecular complexity index is 582. The van der Waals surface area contributed by atoms with Crippen LogP contribution >= 0.6 is 15.9 Å². The highest BCUT2D eigenvalue weighted by molar-refractivity contribution is 9.10. The number of urea groups is 1. The quantitative estimate of drug-likeness (QED) is 0.851. The summed E-state index contributed by atoms with van der Waals surface area (Å²) in [6.07, 6.45) is 4.55. The first-order valence-electron chi connectivity index (χ1n) is 7.14. The van der Waals surface area contributed by atoms with Gasteiger partial charge >= 0.3 is 12.0 Å². The van der Waals surface area contributed by atoms with Gasteiger partial charge < -0.3 is 15.3 Å². The first-order valence-corrected chi connectivity index (χ1v) is 7.94. The number of halogens is 1. The van der Waals surface area contributed by atoms with E-state index in [2.05, 4.69) is 21.2 Å². The van der Waals surface area contributed by atoms with E-state index in [4.69, 9.17) is 5.11 Å². The average molecular weight is 353 g/mol. The molecule has 1 aromatic rings. The van der Waals surface area contributed by atoms with Gasteiger partial charge in [-0.1, -0.05) is 15.9 Å². The van der Waals surface area contributed by atoms with Crippen LogP contribution in [0.3, 0.4) is 0 Å². The van der Waals surface area contributed by atoms with Crippen LogP contribution in [-0.2, 0) is 0 Å². The lowest BCUT2D eigenvalue weighted by Crippen LogP contribution is -2.38. The van der Waals surface area contributed by atoms with Crippen molar-refractivity contribution in [1.29, 1.82) is 0 Å². The number of nitrogens with one attached hydrogen (secondary N) is 1. The van der Waals surface area contributed by atoms with Gasteiger partial charge in [0.1, 0.15) is 0 Å². The van der Waals surface area contributed by atoms with Gasteiger partial charge in [-0.3, -0.25) is 0 Å². The summed E-state index contributed by atoms with van der Waals surface area (Å²) in [6.45, 7) is 0.816. The molecule has 0 saturated heterocycles. The first kappa shape index (κ1) is 14.4. The lowest BCUT2D eigenvalue weighted by atomic mass is 10.2. The van der Waals surface area contributed by atoms with Crippen LogP contribution in [0, 0.1) is 5.92 Å². The van der Waals surface area contributed by atoms with Crippen molar-refractivity contribution >= 4 is 33.6 Å². The third-order valence-electron chi connectivity index (χ3n) is 3.80. The maximum Gasteiger partial charge on any atom is 0.335 e.